The molecular weight excluding hydrogens is 308 g/mol. The van der Waals surface area contributed by atoms with Gasteiger partial charge in [-0.2, -0.15) is 0 Å². The average molecular weight is 340 g/mol. The zero-order valence-electron chi connectivity index (χ0n) is 15.2. The van der Waals surface area contributed by atoms with Crippen molar-refractivity contribution in [1.82, 2.24) is 0 Å². The number of aliphatic carboxylic acids is 1. The van der Waals surface area contributed by atoms with Gasteiger partial charge >= 0.3 is 5.97 Å². The molecule has 0 aliphatic heterocycles. The average Bonchev–Trinajstić information content (AvgIpc) is 2.50. The maximum absolute atomic E-state index is 10.6. The number of aliphatic hydroxyl groups excluding tert-OH is 3. The lowest BCUT2D eigenvalue weighted by atomic mass is 10.0. The van der Waals surface area contributed by atoms with Crippen LogP contribution in [0.25, 0.3) is 0 Å². The molecule has 24 heavy (non-hydrogen) atoms. The van der Waals surface area contributed by atoms with E-state index in [1.165, 1.54) is 11.1 Å². The molecule has 1 unspecified atom stereocenters. The van der Waals surface area contributed by atoms with Crippen molar-refractivity contribution in [3.8, 4) is 0 Å². The minimum absolute atomic E-state index is 0.112. The molecule has 0 aliphatic carbocycles. The minimum Gasteiger partial charge on any atom is -0.479 e. The van der Waals surface area contributed by atoms with Crippen LogP contribution < -0.4 is 0 Å². The third-order valence-corrected chi connectivity index (χ3v) is 3.80. The standard InChI is InChI=1S/C19H32O5/c1-13(2)7-5-8-14(3)9-6-10-15(4)11-12-16(20)17(21)18(22)19(23)24/h7,9,11,16-18,20-22H,5-6,8,10,12H2,1-4H3,(H,23,24)/t16?,17-,18-/m0/s1. The number of carboxylic acids is 1. The Balaban J connectivity index is 4.23. The highest BCUT2D eigenvalue weighted by Crippen LogP contribution is 2.13. The first kappa shape index (κ1) is 22.6. The normalized spacial score (nSPS) is 16.5. The highest BCUT2D eigenvalue weighted by atomic mass is 16.4. The van der Waals surface area contributed by atoms with Gasteiger partial charge in [0.25, 0.3) is 0 Å². The van der Waals surface area contributed by atoms with Crippen LogP contribution in [0.4, 0.5) is 0 Å². The highest BCUT2D eigenvalue weighted by molar-refractivity contribution is 5.72. The van der Waals surface area contributed by atoms with Gasteiger partial charge in [-0.1, -0.05) is 34.9 Å². The number of carbonyl (C=O) groups is 1. The molecule has 0 saturated carbocycles. The molecule has 0 saturated heterocycles. The topological polar surface area (TPSA) is 98.0 Å². The number of rotatable bonds is 11. The molecule has 0 amide bonds. The van der Waals surface area contributed by atoms with Gasteiger partial charge in [-0.25, -0.2) is 4.79 Å². The first-order chi connectivity index (χ1) is 11.1. The Kier molecular flexibility index (Phi) is 11.3. The smallest absolute Gasteiger partial charge is 0.335 e. The lowest BCUT2D eigenvalue weighted by Crippen LogP contribution is -2.41. The van der Waals surface area contributed by atoms with Gasteiger partial charge in [0, 0.05) is 0 Å². The molecule has 5 nitrogen and oxygen atoms in total. The fraction of sp³-hybridized carbons (Fsp3) is 0.632. The third kappa shape index (κ3) is 10.4. The first-order valence-corrected chi connectivity index (χ1v) is 8.36. The summed E-state index contributed by atoms with van der Waals surface area (Å²) >= 11 is 0. The van der Waals surface area contributed by atoms with Crippen LogP contribution in [0.2, 0.25) is 0 Å². The molecule has 0 bridgehead atoms. The second kappa shape index (κ2) is 12.0. The fourth-order valence-corrected chi connectivity index (χ4v) is 2.16. The van der Waals surface area contributed by atoms with Gasteiger partial charge in [0.15, 0.2) is 6.10 Å². The number of hydrogen-bond acceptors (Lipinski definition) is 4. The largest absolute Gasteiger partial charge is 0.479 e. The van der Waals surface area contributed by atoms with Crippen molar-refractivity contribution in [2.45, 2.75) is 78.1 Å². The molecule has 0 heterocycles. The highest BCUT2D eigenvalue weighted by Gasteiger charge is 2.29. The molecule has 138 valence electrons. The predicted octanol–water partition coefficient (Wildman–Crippen LogP) is 2.96. The summed E-state index contributed by atoms with van der Waals surface area (Å²) < 4.78 is 0. The van der Waals surface area contributed by atoms with Crippen molar-refractivity contribution >= 4 is 5.97 Å². The Morgan fingerprint density at radius 3 is 1.88 bits per heavy atom. The molecule has 0 aliphatic rings. The van der Waals surface area contributed by atoms with Crippen molar-refractivity contribution in [1.29, 1.82) is 0 Å². The second-order valence-electron chi connectivity index (χ2n) is 6.54. The molecule has 0 spiro atoms. The van der Waals surface area contributed by atoms with Gasteiger partial charge in [-0.05, 0) is 59.8 Å². The Morgan fingerprint density at radius 1 is 0.875 bits per heavy atom. The summed E-state index contributed by atoms with van der Waals surface area (Å²) in [5, 5.41) is 37.0. The molecule has 0 aromatic carbocycles. The molecule has 5 heteroatoms. The van der Waals surface area contributed by atoms with Gasteiger partial charge < -0.3 is 20.4 Å². The van der Waals surface area contributed by atoms with Crippen LogP contribution in [-0.2, 0) is 4.79 Å². The van der Waals surface area contributed by atoms with E-state index in [2.05, 4.69) is 32.9 Å². The lowest BCUT2D eigenvalue weighted by Gasteiger charge is -2.19. The van der Waals surface area contributed by atoms with Gasteiger partial charge in [0.2, 0.25) is 0 Å². The maximum atomic E-state index is 10.6. The summed E-state index contributed by atoms with van der Waals surface area (Å²) in [6.45, 7) is 8.23. The SMILES string of the molecule is CC(C)=CCCC(C)=CCCC(C)=CCC(O)[C@H](O)[C@H](O)C(=O)O. The Labute approximate surface area is 145 Å². The maximum Gasteiger partial charge on any atom is 0.335 e. The first-order valence-electron chi connectivity index (χ1n) is 8.36. The van der Waals surface area contributed by atoms with E-state index < -0.39 is 24.3 Å². The van der Waals surface area contributed by atoms with E-state index in [4.69, 9.17) is 5.11 Å². The molecule has 0 rings (SSSR count). The van der Waals surface area contributed by atoms with Crippen molar-refractivity contribution in [3.05, 3.63) is 34.9 Å². The fourth-order valence-electron chi connectivity index (χ4n) is 2.16. The summed E-state index contributed by atoms with van der Waals surface area (Å²) in [6, 6.07) is 0. The van der Waals surface area contributed by atoms with E-state index in [0.717, 1.165) is 31.3 Å². The quantitative estimate of drug-likeness (QED) is 0.434. The summed E-state index contributed by atoms with van der Waals surface area (Å²) in [4.78, 5) is 10.6. The van der Waals surface area contributed by atoms with Crippen molar-refractivity contribution < 1.29 is 25.2 Å². The van der Waals surface area contributed by atoms with E-state index in [-0.39, 0.29) is 6.42 Å². The third-order valence-electron chi connectivity index (χ3n) is 3.80. The zero-order valence-corrected chi connectivity index (χ0v) is 15.2. The molecule has 0 aromatic rings. The zero-order chi connectivity index (χ0) is 18.7. The van der Waals surface area contributed by atoms with Crippen LogP contribution >= 0.6 is 0 Å². The molecule has 0 aromatic heterocycles. The Bertz CT molecular complexity index is 472. The van der Waals surface area contributed by atoms with Gasteiger partial charge in [-0.3, -0.25) is 0 Å². The van der Waals surface area contributed by atoms with E-state index in [9.17, 15) is 20.1 Å². The van der Waals surface area contributed by atoms with Crippen LogP contribution in [0.15, 0.2) is 34.9 Å². The lowest BCUT2D eigenvalue weighted by molar-refractivity contribution is -0.157. The number of aliphatic hydroxyl groups is 3. The Hall–Kier alpha value is -1.43. The predicted molar refractivity (Wildman–Crippen MR) is 95.7 cm³/mol. The number of allylic oxidation sites excluding steroid dienone is 5. The van der Waals surface area contributed by atoms with Gasteiger partial charge in [0.05, 0.1) is 6.10 Å². The van der Waals surface area contributed by atoms with Crippen LogP contribution in [0.1, 0.15) is 59.8 Å². The van der Waals surface area contributed by atoms with Crippen molar-refractivity contribution in [2.75, 3.05) is 0 Å². The monoisotopic (exact) mass is 340 g/mol. The van der Waals surface area contributed by atoms with Crippen molar-refractivity contribution in [2.24, 2.45) is 0 Å². The summed E-state index contributed by atoms with van der Waals surface area (Å²) in [5.74, 6) is -1.55. The van der Waals surface area contributed by atoms with E-state index in [1.807, 2.05) is 6.92 Å². The van der Waals surface area contributed by atoms with E-state index in [1.54, 1.807) is 6.08 Å². The molecular formula is C19H32O5. The summed E-state index contributed by atoms with van der Waals surface area (Å²) in [5.41, 5.74) is 3.73. The second-order valence-corrected chi connectivity index (χ2v) is 6.54. The van der Waals surface area contributed by atoms with E-state index in [0.29, 0.717) is 0 Å². The number of hydrogen-bond donors (Lipinski definition) is 4. The van der Waals surface area contributed by atoms with Gasteiger partial charge in [-0.15, -0.1) is 0 Å². The molecule has 4 N–H and O–H groups in total. The summed E-state index contributed by atoms with van der Waals surface area (Å²) in [7, 11) is 0. The van der Waals surface area contributed by atoms with Crippen molar-refractivity contribution in [3.63, 3.8) is 0 Å². The van der Waals surface area contributed by atoms with Crippen LogP contribution in [0, 0.1) is 0 Å². The molecule has 3 atom stereocenters. The Morgan fingerprint density at radius 2 is 1.38 bits per heavy atom. The minimum atomic E-state index is -1.97. The summed E-state index contributed by atoms with van der Waals surface area (Å²) in [6.07, 6.45) is 5.19. The van der Waals surface area contributed by atoms with Crippen LogP contribution in [0.5, 0.6) is 0 Å². The molecule has 0 radical (unpaired) electrons. The van der Waals surface area contributed by atoms with Gasteiger partial charge in [0.1, 0.15) is 6.10 Å². The van der Waals surface area contributed by atoms with Crippen LogP contribution in [0.3, 0.4) is 0 Å². The molecule has 0 fully saturated rings. The number of carboxylic acid groups (broad SMARTS) is 1. The van der Waals surface area contributed by atoms with E-state index >= 15 is 0 Å². The van der Waals surface area contributed by atoms with Crippen LogP contribution in [-0.4, -0.2) is 44.7 Å².